The molecule has 1 aromatic carbocycles. The molecule has 0 bridgehead atoms. The van der Waals surface area contributed by atoms with Crippen LogP contribution in [0, 0.1) is 5.82 Å². The van der Waals surface area contributed by atoms with Crippen molar-refractivity contribution < 1.29 is 4.39 Å². The molecule has 0 aliphatic rings. The number of nitrogens with two attached hydrogens (primary N) is 1. The van der Waals surface area contributed by atoms with Crippen LogP contribution >= 0.6 is 0 Å². The second-order valence-corrected chi connectivity index (χ2v) is 4.03. The quantitative estimate of drug-likeness (QED) is 0.885. The van der Waals surface area contributed by atoms with Crippen LogP contribution in [0.1, 0.15) is 31.3 Å². The van der Waals surface area contributed by atoms with Gasteiger partial charge in [-0.15, -0.1) is 0 Å². The van der Waals surface area contributed by atoms with Crippen LogP contribution in [0.2, 0.25) is 0 Å². The number of benzene rings is 1. The van der Waals surface area contributed by atoms with Gasteiger partial charge in [0, 0.05) is 30.4 Å². The smallest absolute Gasteiger partial charge is 0.130 e. The maximum absolute atomic E-state index is 13.8. The highest BCUT2D eigenvalue weighted by atomic mass is 19.1. The van der Waals surface area contributed by atoms with E-state index < -0.39 is 0 Å². The third-order valence-corrected chi connectivity index (χ3v) is 2.78. The summed E-state index contributed by atoms with van der Waals surface area (Å²) in [6.45, 7) is 3.80. The van der Waals surface area contributed by atoms with E-state index in [0.717, 1.165) is 17.9 Å². The van der Waals surface area contributed by atoms with Gasteiger partial charge in [0.15, 0.2) is 0 Å². The van der Waals surface area contributed by atoms with E-state index in [1.54, 1.807) is 19.2 Å². The van der Waals surface area contributed by atoms with Gasteiger partial charge in [-0.2, -0.15) is 0 Å². The van der Waals surface area contributed by atoms with Gasteiger partial charge >= 0.3 is 0 Å². The first-order chi connectivity index (χ1) is 8.15. The molecule has 0 unspecified atom stereocenters. The molecule has 0 amide bonds. The van der Waals surface area contributed by atoms with Gasteiger partial charge in [-0.25, -0.2) is 9.37 Å². The minimum Gasteiger partial charge on any atom is -0.324 e. The molecule has 3 nitrogen and oxygen atoms in total. The lowest BCUT2D eigenvalue weighted by molar-refractivity contribution is 0.590. The Bertz CT molecular complexity index is 517. The Balaban J connectivity index is 2.63. The van der Waals surface area contributed by atoms with E-state index in [1.165, 1.54) is 6.07 Å². The van der Waals surface area contributed by atoms with Gasteiger partial charge in [-0.3, -0.25) is 0 Å². The third kappa shape index (κ3) is 2.08. The first-order valence-corrected chi connectivity index (χ1v) is 5.71. The Hall–Kier alpha value is -1.68. The van der Waals surface area contributed by atoms with E-state index in [2.05, 4.69) is 4.98 Å². The fraction of sp³-hybridized carbons (Fsp3) is 0.308. The molecule has 17 heavy (non-hydrogen) atoms. The van der Waals surface area contributed by atoms with Gasteiger partial charge in [0.2, 0.25) is 0 Å². The molecule has 0 aliphatic heterocycles. The van der Waals surface area contributed by atoms with Gasteiger partial charge in [0.25, 0.3) is 0 Å². The summed E-state index contributed by atoms with van der Waals surface area (Å²) in [5.74, 6) is 0.630. The van der Waals surface area contributed by atoms with Crippen molar-refractivity contribution in [2.24, 2.45) is 5.73 Å². The van der Waals surface area contributed by atoms with E-state index in [0.29, 0.717) is 5.56 Å². The standard InChI is InChI=1S/C13H16FN3/c1-3-12-16-7-8-17(12)11-6-4-5-10(14)13(11)9(2)15/h4-9H,3,15H2,1-2H3/t9-/m1/s1. The topological polar surface area (TPSA) is 43.8 Å². The molecule has 4 heteroatoms. The fourth-order valence-corrected chi connectivity index (χ4v) is 2.00. The third-order valence-electron chi connectivity index (χ3n) is 2.78. The Labute approximate surface area is 100 Å². The number of nitrogens with zero attached hydrogens (tertiary/aromatic N) is 2. The summed E-state index contributed by atoms with van der Waals surface area (Å²) in [6.07, 6.45) is 4.34. The monoisotopic (exact) mass is 233 g/mol. The second kappa shape index (κ2) is 4.67. The van der Waals surface area contributed by atoms with Crippen molar-refractivity contribution in [3.63, 3.8) is 0 Å². The van der Waals surface area contributed by atoms with Crippen LogP contribution in [0.15, 0.2) is 30.6 Å². The predicted molar refractivity (Wildman–Crippen MR) is 65.5 cm³/mol. The number of rotatable bonds is 3. The van der Waals surface area contributed by atoms with Gasteiger partial charge in [-0.1, -0.05) is 13.0 Å². The molecule has 90 valence electrons. The van der Waals surface area contributed by atoms with Crippen LogP contribution < -0.4 is 5.73 Å². The summed E-state index contributed by atoms with van der Waals surface area (Å²) in [6, 6.07) is 4.64. The minimum absolute atomic E-state index is 0.270. The molecule has 0 saturated heterocycles. The Morgan fingerprint density at radius 2 is 2.24 bits per heavy atom. The molecule has 0 aliphatic carbocycles. The maximum atomic E-state index is 13.8. The zero-order valence-corrected chi connectivity index (χ0v) is 10.0. The average molecular weight is 233 g/mol. The molecular formula is C13H16FN3. The summed E-state index contributed by atoms with van der Waals surface area (Å²) in [5.41, 5.74) is 7.14. The van der Waals surface area contributed by atoms with Crippen LogP contribution in [0.5, 0.6) is 0 Å². The van der Waals surface area contributed by atoms with Crippen LogP contribution in [0.4, 0.5) is 4.39 Å². The molecule has 2 aromatic rings. The zero-order valence-electron chi connectivity index (χ0n) is 10.0. The van der Waals surface area contributed by atoms with Crippen molar-refractivity contribution in [2.45, 2.75) is 26.3 Å². The molecule has 2 N–H and O–H groups in total. The van der Waals surface area contributed by atoms with Crippen LogP contribution in [-0.4, -0.2) is 9.55 Å². The molecule has 1 atom stereocenters. The summed E-state index contributed by atoms with van der Waals surface area (Å²) >= 11 is 0. The second-order valence-electron chi connectivity index (χ2n) is 4.03. The molecule has 0 saturated carbocycles. The predicted octanol–water partition coefficient (Wildman–Crippen LogP) is 2.59. The normalized spacial score (nSPS) is 12.7. The lowest BCUT2D eigenvalue weighted by atomic mass is 10.1. The van der Waals surface area contributed by atoms with Crippen LogP contribution in [-0.2, 0) is 6.42 Å². The number of hydrogen-bond acceptors (Lipinski definition) is 2. The molecular weight excluding hydrogens is 217 g/mol. The molecule has 0 radical (unpaired) electrons. The van der Waals surface area contributed by atoms with E-state index >= 15 is 0 Å². The molecule has 1 aromatic heterocycles. The van der Waals surface area contributed by atoms with Crippen molar-refractivity contribution in [2.75, 3.05) is 0 Å². The van der Waals surface area contributed by atoms with Crippen molar-refractivity contribution in [1.29, 1.82) is 0 Å². The highest BCUT2D eigenvalue weighted by Gasteiger charge is 2.15. The first-order valence-electron chi connectivity index (χ1n) is 5.71. The van der Waals surface area contributed by atoms with Crippen LogP contribution in [0.25, 0.3) is 5.69 Å². The number of aryl methyl sites for hydroxylation is 1. The fourth-order valence-electron chi connectivity index (χ4n) is 2.00. The van der Waals surface area contributed by atoms with E-state index in [4.69, 9.17) is 5.73 Å². The number of imidazole rings is 1. The number of hydrogen-bond donors (Lipinski definition) is 1. The van der Waals surface area contributed by atoms with Crippen molar-refractivity contribution in [1.82, 2.24) is 9.55 Å². The molecule has 0 fully saturated rings. The number of halogens is 1. The van der Waals surface area contributed by atoms with E-state index in [-0.39, 0.29) is 11.9 Å². The summed E-state index contributed by atoms with van der Waals surface area (Å²) in [4.78, 5) is 4.24. The van der Waals surface area contributed by atoms with Crippen molar-refractivity contribution in [3.05, 3.63) is 47.8 Å². The summed E-state index contributed by atoms with van der Waals surface area (Å²) < 4.78 is 15.7. The lowest BCUT2D eigenvalue weighted by Crippen LogP contribution is -2.13. The zero-order chi connectivity index (χ0) is 12.4. The summed E-state index contributed by atoms with van der Waals surface area (Å²) in [7, 11) is 0. The van der Waals surface area contributed by atoms with E-state index in [1.807, 2.05) is 23.8 Å². The number of aromatic nitrogens is 2. The first kappa shape index (κ1) is 11.8. The van der Waals surface area contributed by atoms with Gasteiger partial charge < -0.3 is 10.3 Å². The maximum Gasteiger partial charge on any atom is 0.130 e. The molecule has 1 heterocycles. The minimum atomic E-state index is -0.349. The molecule has 0 spiro atoms. The van der Waals surface area contributed by atoms with Gasteiger partial charge in [-0.05, 0) is 19.1 Å². The van der Waals surface area contributed by atoms with Gasteiger partial charge in [0.05, 0.1) is 5.69 Å². The Morgan fingerprint density at radius 1 is 1.47 bits per heavy atom. The lowest BCUT2D eigenvalue weighted by Gasteiger charge is -2.15. The van der Waals surface area contributed by atoms with Crippen molar-refractivity contribution in [3.8, 4) is 5.69 Å². The highest BCUT2D eigenvalue weighted by Crippen LogP contribution is 2.24. The van der Waals surface area contributed by atoms with Gasteiger partial charge in [0.1, 0.15) is 11.6 Å². The highest BCUT2D eigenvalue weighted by molar-refractivity contribution is 5.44. The summed E-state index contributed by atoms with van der Waals surface area (Å²) in [5, 5.41) is 0. The Morgan fingerprint density at radius 3 is 2.88 bits per heavy atom. The SMILES string of the molecule is CCc1nccn1-c1cccc(F)c1[C@@H](C)N. The Kier molecular flexibility index (Phi) is 3.24. The van der Waals surface area contributed by atoms with Crippen LogP contribution in [0.3, 0.4) is 0 Å². The molecule has 2 rings (SSSR count). The van der Waals surface area contributed by atoms with E-state index in [9.17, 15) is 4.39 Å². The van der Waals surface area contributed by atoms with Crippen molar-refractivity contribution >= 4 is 0 Å². The average Bonchev–Trinajstić information content (AvgIpc) is 2.75. The largest absolute Gasteiger partial charge is 0.324 e.